The minimum Gasteiger partial charge on any atom is -0.380 e. The third-order valence-electron chi connectivity index (χ3n) is 2.83. The third-order valence-corrected chi connectivity index (χ3v) is 4.27. The molecular weight excluding hydrogens is 274 g/mol. The van der Waals surface area contributed by atoms with Crippen molar-refractivity contribution in [1.29, 1.82) is 0 Å². The van der Waals surface area contributed by atoms with Crippen LogP contribution < -0.4 is 11.1 Å². The standard InChI is InChI=1S/C12H18F2N2O2S/c1-8(2)10(7-15)16-9-5-3-4-6-11(9)19(17,18)12(13)14/h3-6,8,10,12,16H,7,15H2,1-2H3. The van der Waals surface area contributed by atoms with E-state index in [9.17, 15) is 17.2 Å². The van der Waals surface area contributed by atoms with E-state index in [0.717, 1.165) is 6.07 Å². The summed E-state index contributed by atoms with van der Waals surface area (Å²) < 4.78 is 48.4. The van der Waals surface area contributed by atoms with E-state index < -0.39 is 20.5 Å². The second-order valence-corrected chi connectivity index (χ2v) is 6.42. The van der Waals surface area contributed by atoms with Gasteiger partial charge in [0, 0.05) is 12.6 Å². The molecule has 108 valence electrons. The molecule has 1 atom stereocenters. The number of sulfone groups is 1. The fourth-order valence-corrected chi connectivity index (χ4v) is 2.52. The minimum absolute atomic E-state index is 0.146. The summed E-state index contributed by atoms with van der Waals surface area (Å²) >= 11 is 0. The van der Waals surface area contributed by atoms with Crippen LogP contribution in [0.5, 0.6) is 0 Å². The maximum atomic E-state index is 12.6. The molecule has 1 rings (SSSR count). The third kappa shape index (κ3) is 3.63. The molecule has 0 bridgehead atoms. The van der Waals surface area contributed by atoms with Gasteiger partial charge >= 0.3 is 5.76 Å². The van der Waals surface area contributed by atoms with Gasteiger partial charge in [-0.15, -0.1) is 0 Å². The van der Waals surface area contributed by atoms with Crippen molar-refractivity contribution in [3.63, 3.8) is 0 Å². The smallest absolute Gasteiger partial charge is 0.341 e. The summed E-state index contributed by atoms with van der Waals surface area (Å²) in [5, 5.41) is 2.92. The molecule has 0 aliphatic carbocycles. The van der Waals surface area contributed by atoms with Crippen LogP contribution in [0.3, 0.4) is 0 Å². The summed E-state index contributed by atoms with van der Waals surface area (Å²) in [4.78, 5) is -0.399. The lowest BCUT2D eigenvalue weighted by Crippen LogP contribution is -2.34. The molecule has 0 fully saturated rings. The van der Waals surface area contributed by atoms with E-state index in [1.165, 1.54) is 12.1 Å². The predicted octanol–water partition coefficient (Wildman–Crippen LogP) is 2.08. The Morgan fingerprint density at radius 1 is 1.26 bits per heavy atom. The molecular formula is C12H18F2N2O2S. The molecule has 0 radical (unpaired) electrons. The number of halogens is 2. The number of rotatable bonds is 6. The van der Waals surface area contributed by atoms with Gasteiger partial charge in [0.25, 0.3) is 0 Å². The molecule has 0 aliphatic rings. The lowest BCUT2D eigenvalue weighted by atomic mass is 10.0. The average molecular weight is 292 g/mol. The van der Waals surface area contributed by atoms with Crippen LogP contribution in [0.2, 0.25) is 0 Å². The van der Waals surface area contributed by atoms with Gasteiger partial charge in [-0.3, -0.25) is 0 Å². The molecule has 0 amide bonds. The number of benzene rings is 1. The van der Waals surface area contributed by atoms with Crippen LogP contribution in [0.25, 0.3) is 0 Å². The summed E-state index contributed by atoms with van der Waals surface area (Å²) in [6, 6.07) is 5.43. The van der Waals surface area contributed by atoms with Crippen molar-refractivity contribution in [2.24, 2.45) is 11.7 Å². The van der Waals surface area contributed by atoms with Crippen LogP contribution in [-0.4, -0.2) is 26.8 Å². The number of alkyl halides is 2. The number of anilines is 1. The normalized spacial score (nSPS) is 13.8. The predicted molar refractivity (Wildman–Crippen MR) is 70.9 cm³/mol. The Morgan fingerprint density at radius 2 is 1.84 bits per heavy atom. The van der Waals surface area contributed by atoms with Gasteiger partial charge in [-0.25, -0.2) is 8.42 Å². The molecule has 1 aromatic carbocycles. The summed E-state index contributed by atoms with van der Waals surface area (Å²) in [6.45, 7) is 4.10. The fraction of sp³-hybridized carbons (Fsp3) is 0.500. The monoisotopic (exact) mass is 292 g/mol. The maximum absolute atomic E-state index is 12.6. The summed E-state index contributed by atoms with van der Waals surface area (Å²) in [5.41, 5.74) is 5.74. The van der Waals surface area contributed by atoms with Crippen LogP contribution in [0.4, 0.5) is 14.5 Å². The van der Waals surface area contributed by atoms with Crippen molar-refractivity contribution in [3.8, 4) is 0 Å². The van der Waals surface area contributed by atoms with E-state index in [2.05, 4.69) is 5.32 Å². The second-order valence-electron chi connectivity index (χ2n) is 4.53. The summed E-state index contributed by atoms with van der Waals surface area (Å²) in [7, 11) is -4.62. The number of para-hydroxylation sites is 1. The van der Waals surface area contributed by atoms with Gasteiger partial charge in [0.2, 0.25) is 9.84 Å². The van der Waals surface area contributed by atoms with Crippen LogP contribution in [0.1, 0.15) is 13.8 Å². The summed E-state index contributed by atoms with van der Waals surface area (Å²) in [5.74, 6) is -3.29. The van der Waals surface area contributed by atoms with E-state index in [0.29, 0.717) is 0 Å². The molecule has 0 saturated heterocycles. The minimum atomic E-state index is -4.62. The molecule has 1 aromatic rings. The Morgan fingerprint density at radius 3 is 2.32 bits per heavy atom. The van der Waals surface area contributed by atoms with Gasteiger partial charge in [-0.05, 0) is 18.1 Å². The molecule has 0 aliphatic heterocycles. The molecule has 3 N–H and O–H groups in total. The highest BCUT2D eigenvalue weighted by molar-refractivity contribution is 7.91. The Balaban J connectivity index is 3.17. The van der Waals surface area contributed by atoms with Crippen molar-refractivity contribution >= 4 is 15.5 Å². The number of nitrogens with one attached hydrogen (secondary N) is 1. The van der Waals surface area contributed by atoms with Gasteiger partial charge in [0.05, 0.1) is 10.6 Å². The molecule has 4 nitrogen and oxygen atoms in total. The molecule has 19 heavy (non-hydrogen) atoms. The summed E-state index contributed by atoms with van der Waals surface area (Å²) in [6.07, 6.45) is 0. The van der Waals surface area contributed by atoms with E-state index in [1.807, 2.05) is 13.8 Å². The Labute approximate surface area is 111 Å². The van der Waals surface area contributed by atoms with E-state index >= 15 is 0 Å². The average Bonchev–Trinajstić information content (AvgIpc) is 2.35. The van der Waals surface area contributed by atoms with Gasteiger partial charge in [-0.1, -0.05) is 26.0 Å². The highest BCUT2D eigenvalue weighted by Gasteiger charge is 2.29. The first kappa shape index (κ1) is 15.8. The van der Waals surface area contributed by atoms with E-state index in [1.54, 1.807) is 6.07 Å². The van der Waals surface area contributed by atoms with Crippen LogP contribution >= 0.6 is 0 Å². The first-order valence-electron chi connectivity index (χ1n) is 5.88. The maximum Gasteiger partial charge on any atom is 0.341 e. The number of hydrogen-bond donors (Lipinski definition) is 2. The zero-order chi connectivity index (χ0) is 14.6. The van der Waals surface area contributed by atoms with Crippen molar-refractivity contribution in [2.45, 2.75) is 30.5 Å². The van der Waals surface area contributed by atoms with E-state index in [-0.39, 0.29) is 24.2 Å². The molecule has 0 spiro atoms. The van der Waals surface area contributed by atoms with E-state index in [4.69, 9.17) is 5.73 Å². The van der Waals surface area contributed by atoms with Crippen LogP contribution in [0, 0.1) is 5.92 Å². The molecule has 0 aromatic heterocycles. The Kier molecular flexibility index (Phi) is 5.25. The molecule has 1 unspecified atom stereocenters. The molecule has 0 saturated carbocycles. The first-order valence-corrected chi connectivity index (χ1v) is 7.43. The van der Waals surface area contributed by atoms with Crippen molar-refractivity contribution < 1.29 is 17.2 Å². The Bertz CT molecular complexity index is 518. The quantitative estimate of drug-likeness (QED) is 0.842. The first-order chi connectivity index (χ1) is 8.80. The van der Waals surface area contributed by atoms with Gasteiger partial charge in [-0.2, -0.15) is 8.78 Å². The zero-order valence-electron chi connectivity index (χ0n) is 10.8. The topological polar surface area (TPSA) is 72.2 Å². The largest absolute Gasteiger partial charge is 0.380 e. The lowest BCUT2D eigenvalue weighted by Gasteiger charge is -2.23. The lowest BCUT2D eigenvalue weighted by molar-refractivity contribution is 0.235. The van der Waals surface area contributed by atoms with Gasteiger partial charge < -0.3 is 11.1 Å². The van der Waals surface area contributed by atoms with Crippen molar-refractivity contribution in [3.05, 3.63) is 24.3 Å². The molecule has 7 heteroatoms. The SMILES string of the molecule is CC(C)C(CN)Nc1ccccc1S(=O)(=O)C(F)F. The highest BCUT2D eigenvalue weighted by atomic mass is 32.2. The number of hydrogen-bond acceptors (Lipinski definition) is 4. The zero-order valence-corrected chi connectivity index (χ0v) is 11.6. The van der Waals surface area contributed by atoms with Gasteiger partial charge in [0.15, 0.2) is 0 Å². The van der Waals surface area contributed by atoms with Crippen molar-refractivity contribution in [2.75, 3.05) is 11.9 Å². The van der Waals surface area contributed by atoms with Crippen molar-refractivity contribution in [1.82, 2.24) is 0 Å². The fourth-order valence-electron chi connectivity index (χ4n) is 1.63. The van der Waals surface area contributed by atoms with Crippen LogP contribution in [-0.2, 0) is 9.84 Å². The molecule has 0 heterocycles. The Hall–Kier alpha value is -1.21. The van der Waals surface area contributed by atoms with Gasteiger partial charge in [0.1, 0.15) is 0 Å². The highest BCUT2D eigenvalue weighted by Crippen LogP contribution is 2.27. The second kappa shape index (κ2) is 6.29. The number of nitrogens with two attached hydrogens (primary N) is 1. The van der Waals surface area contributed by atoms with Crippen LogP contribution in [0.15, 0.2) is 29.2 Å².